The summed E-state index contributed by atoms with van der Waals surface area (Å²) in [5.74, 6) is 0.709. The number of fused-ring (bicyclic) bond motifs is 1. The number of anilines is 1. The van der Waals surface area contributed by atoms with Crippen LogP contribution in [0.1, 0.15) is 31.7 Å². The normalized spacial score (nSPS) is 40.5. The molecule has 4 atom stereocenters. The molecule has 2 spiro atoms. The quantitative estimate of drug-likeness (QED) is 0.737. The SMILES string of the molecule is CC(=O)N1c2c(O)cccc2[C@]23CCN4CC[C@H](C[C@H]12)C1=CCO[C@]143. The molecule has 3 fully saturated rings. The zero-order chi connectivity index (χ0) is 17.0. The summed E-state index contributed by atoms with van der Waals surface area (Å²) in [6, 6.07) is 5.79. The highest BCUT2D eigenvalue weighted by Crippen LogP contribution is 2.69. The Kier molecular flexibility index (Phi) is 2.45. The Labute approximate surface area is 146 Å². The Hall–Kier alpha value is -1.85. The number of nitrogens with zero attached hydrogens (tertiary/aromatic N) is 2. The number of hydrogen-bond acceptors (Lipinski definition) is 4. The van der Waals surface area contributed by atoms with E-state index < -0.39 is 5.72 Å². The molecule has 6 rings (SSSR count). The summed E-state index contributed by atoms with van der Waals surface area (Å²) in [7, 11) is 0. The van der Waals surface area contributed by atoms with Crippen LogP contribution in [-0.2, 0) is 14.9 Å². The number of carbonyl (C=O) groups excluding carboxylic acids is 1. The number of ether oxygens (including phenoxy) is 1. The Morgan fingerprint density at radius 1 is 1.36 bits per heavy atom. The lowest BCUT2D eigenvalue weighted by molar-refractivity contribution is -0.158. The molecule has 1 aromatic rings. The number of hydrogen-bond donors (Lipinski definition) is 1. The van der Waals surface area contributed by atoms with Crippen molar-refractivity contribution in [1.29, 1.82) is 0 Å². The zero-order valence-corrected chi connectivity index (χ0v) is 14.4. The standard InChI is InChI=1S/C20H22N2O3/c1-12(23)22-17-11-13-5-8-21-9-7-19(17,20(21)14(13)6-10-25-20)15-3-2-4-16(24)18(15)22/h2-4,6,13,17,24H,5,7-11H2,1H3/t13-,17+,19-,20+/m1/s1. The van der Waals surface area contributed by atoms with Gasteiger partial charge in [0.1, 0.15) is 5.75 Å². The molecule has 1 saturated carbocycles. The second-order valence-corrected chi connectivity index (χ2v) is 8.12. The number of carbonyl (C=O) groups is 1. The maximum absolute atomic E-state index is 12.6. The van der Waals surface area contributed by atoms with E-state index in [4.69, 9.17) is 4.74 Å². The van der Waals surface area contributed by atoms with Crippen LogP contribution in [0.5, 0.6) is 5.75 Å². The molecule has 0 unspecified atom stereocenters. The van der Waals surface area contributed by atoms with E-state index in [1.165, 1.54) is 5.57 Å². The van der Waals surface area contributed by atoms with Crippen LogP contribution in [-0.4, -0.2) is 47.4 Å². The number of rotatable bonds is 0. The Morgan fingerprint density at radius 3 is 3.08 bits per heavy atom. The average molecular weight is 338 g/mol. The van der Waals surface area contributed by atoms with E-state index in [2.05, 4.69) is 17.0 Å². The van der Waals surface area contributed by atoms with Gasteiger partial charge < -0.3 is 14.7 Å². The molecular weight excluding hydrogens is 316 g/mol. The smallest absolute Gasteiger partial charge is 0.224 e. The highest BCUT2D eigenvalue weighted by atomic mass is 16.5. The van der Waals surface area contributed by atoms with Gasteiger partial charge in [-0.1, -0.05) is 18.2 Å². The number of para-hydroxylation sites is 1. The van der Waals surface area contributed by atoms with Crippen LogP contribution in [0.4, 0.5) is 5.69 Å². The van der Waals surface area contributed by atoms with Crippen LogP contribution in [0.15, 0.2) is 29.8 Å². The van der Waals surface area contributed by atoms with Gasteiger partial charge in [-0.15, -0.1) is 0 Å². The van der Waals surface area contributed by atoms with Gasteiger partial charge in [0.05, 0.1) is 23.8 Å². The van der Waals surface area contributed by atoms with Crippen molar-refractivity contribution in [1.82, 2.24) is 4.90 Å². The molecule has 5 heteroatoms. The van der Waals surface area contributed by atoms with Crippen LogP contribution < -0.4 is 4.90 Å². The molecule has 4 aliphatic heterocycles. The second-order valence-electron chi connectivity index (χ2n) is 8.12. The molecule has 2 bridgehead atoms. The lowest BCUT2D eigenvalue weighted by Gasteiger charge is -2.58. The van der Waals surface area contributed by atoms with Gasteiger partial charge in [-0.25, -0.2) is 0 Å². The Morgan fingerprint density at radius 2 is 2.24 bits per heavy atom. The first-order valence-electron chi connectivity index (χ1n) is 9.33. The third kappa shape index (κ3) is 1.30. The minimum absolute atomic E-state index is 0.0166. The molecule has 5 nitrogen and oxygen atoms in total. The molecule has 1 amide bonds. The van der Waals surface area contributed by atoms with E-state index in [1.54, 1.807) is 13.0 Å². The molecule has 1 aromatic carbocycles. The zero-order valence-electron chi connectivity index (χ0n) is 14.4. The minimum Gasteiger partial charge on any atom is -0.506 e. The van der Waals surface area contributed by atoms with Crippen LogP contribution in [0.25, 0.3) is 0 Å². The average Bonchev–Trinajstić information content (AvgIpc) is 3.24. The van der Waals surface area contributed by atoms with Gasteiger partial charge in [0, 0.05) is 20.0 Å². The molecule has 2 saturated heterocycles. The monoisotopic (exact) mass is 338 g/mol. The summed E-state index contributed by atoms with van der Waals surface area (Å²) in [5, 5.41) is 10.6. The van der Waals surface area contributed by atoms with Crippen molar-refractivity contribution in [3.8, 4) is 5.75 Å². The molecule has 0 aromatic heterocycles. The number of piperidine rings is 1. The van der Waals surface area contributed by atoms with Crippen molar-refractivity contribution >= 4 is 11.6 Å². The molecule has 0 radical (unpaired) electrons. The van der Waals surface area contributed by atoms with E-state index in [1.807, 2.05) is 11.0 Å². The predicted octanol–water partition coefficient (Wildman–Crippen LogP) is 2.15. The summed E-state index contributed by atoms with van der Waals surface area (Å²) in [6.07, 6.45) is 5.37. The molecule has 1 aliphatic carbocycles. The van der Waals surface area contributed by atoms with E-state index in [0.717, 1.165) is 43.6 Å². The van der Waals surface area contributed by atoms with Crippen molar-refractivity contribution in [2.45, 2.75) is 43.4 Å². The van der Waals surface area contributed by atoms with E-state index in [9.17, 15) is 9.90 Å². The molecular formula is C20H22N2O3. The summed E-state index contributed by atoms with van der Waals surface area (Å²) in [5.41, 5.74) is 2.59. The number of benzene rings is 1. The summed E-state index contributed by atoms with van der Waals surface area (Å²) < 4.78 is 6.55. The van der Waals surface area contributed by atoms with Crippen molar-refractivity contribution in [3.05, 3.63) is 35.4 Å². The maximum atomic E-state index is 12.6. The van der Waals surface area contributed by atoms with Crippen LogP contribution in [0.3, 0.4) is 0 Å². The summed E-state index contributed by atoms with van der Waals surface area (Å²) in [6.45, 7) is 4.33. The van der Waals surface area contributed by atoms with Crippen molar-refractivity contribution in [3.63, 3.8) is 0 Å². The van der Waals surface area contributed by atoms with Gasteiger partial charge in [0.2, 0.25) is 5.91 Å². The third-order valence-corrected chi connectivity index (χ3v) is 7.46. The van der Waals surface area contributed by atoms with Gasteiger partial charge in [-0.3, -0.25) is 9.69 Å². The van der Waals surface area contributed by atoms with Crippen LogP contribution in [0, 0.1) is 5.92 Å². The van der Waals surface area contributed by atoms with E-state index >= 15 is 0 Å². The fraction of sp³-hybridized carbons (Fsp3) is 0.550. The van der Waals surface area contributed by atoms with Gasteiger partial charge in [0.15, 0.2) is 5.72 Å². The van der Waals surface area contributed by atoms with Gasteiger partial charge in [-0.05, 0) is 42.4 Å². The van der Waals surface area contributed by atoms with Crippen LogP contribution in [0.2, 0.25) is 0 Å². The summed E-state index contributed by atoms with van der Waals surface area (Å²) in [4.78, 5) is 17.0. The third-order valence-electron chi connectivity index (χ3n) is 7.46. The maximum Gasteiger partial charge on any atom is 0.224 e. The van der Waals surface area contributed by atoms with Crippen molar-refractivity contribution in [2.75, 3.05) is 24.6 Å². The number of phenols is 1. The van der Waals surface area contributed by atoms with E-state index in [-0.39, 0.29) is 23.1 Å². The Balaban J connectivity index is 1.71. The van der Waals surface area contributed by atoms with E-state index in [0.29, 0.717) is 12.5 Å². The molecule has 5 aliphatic rings. The van der Waals surface area contributed by atoms with Crippen molar-refractivity contribution < 1.29 is 14.6 Å². The minimum atomic E-state index is -0.411. The van der Waals surface area contributed by atoms with Gasteiger partial charge in [-0.2, -0.15) is 0 Å². The molecule has 1 N–H and O–H groups in total. The number of amides is 1. The number of phenolic OH excluding ortho intramolecular Hbond substituents is 1. The highest BCUT2D eigenvalue weighted by Gasteiger charge is 2.75. The summed E-state index contributed by atoms with van der Waals surface area (Å²) >= 11 is 0. The lowest BCUT2D eigenvalue weighted by Crippen LogP contribution is -2.69. The predicted molar refractivity (Wildman–Crippen MR) is 92.4 cm³/mol. The lowest BCUT2D eigenvalue weighted by atomic mass is 9.56. The second kappa shape index (κ2) is 4.27. The van der Waals surface area contributed by atoms with Crippen molar-refractivity contribution in [2.24, 2.45) is 5.92 Å². The van der Waals surface area contributed by atoms with Gasteiger partial charge in [0.25, 0.3) is 0 Å². The molecule has 25 heavy (non-hydrogen) atoms. The topological polar surface area (TPSA) is 53.0 Å². The first-order chi connectivity index (χ1) is 12.1. The first kappa shape index (κ1) is 14.3. The fourth-order valence-electron chi connectivity index (χ4n) is 6.84. The first-order valence-corrected chi connectivity index (χ1v) is 9.33. The fourth-order valence-corrected chi connectivity index (χ4v) is 6.84. The number of aromatic hydroxyl groups is 1. The largest absolute Gasteiger partial charge is 0.506 e. The highest BCUT2D eigenvalue weighted by molar-refractivity contribution is 5.98. The molecule has 4 heterocycles. The van der Waals surface area contributed by atoms with Crippen LogP contribution >= 0.6 is 0 Å². The van der Waals surface area contributed by atoms with Gasteiger partial charge >= 0.3 is 0 Å². The molecule has 130 valence electrons. The Bertz CT molecular complexity index is 849.